The first-order chi connectivity index (χ1) is 8.64. The summed E-state index contributed by atoms with van der Waals surface area (Å²) in [5, 5.41) is 4.50. The molecule has 3 nitrogen and oxygen atoms in total. The van der Waals surface area contributed by atoms with Crippen LogP contribution in [0.1, 0.15) is 25.5 Å². The third kappa shape index (κ3) is 1.73. The van der Waals surface area contributed by atoms with Crippen molar-refractivity contribution >= 4 is 0 Å². The molecule has 1 aliphatic rings. The third-order valence-corrected chi connectivity index (χ3v) is 3.53. The molecular weight excluding hydrogens is 229 g/mol. The van der Waals surface area contributed by atoms with Crippen molar-refractivity contribution in [3.05, 3.63) is 41.8 Å². The summed E-state index contributed by atoms with van der Waals surface area (Å²) in [5.41, 5.74) is 8.14. The first kappa shape index (κ1) is 11.4. The number of aryl methyl sites for hydroxylation is 1. The van der Waals surface area contributed by atoms with Crippen LogP contribution in [-0.4, -0.2) is 9.78 Å². The quantitative estimate of drug-likeness (QED) is 0.903. The van der Waals surface area contributed by atoms with Gasteiger partial charge in [-0.1, -0.05) is 12.1 Å². The minimum absolute atomic E-state index is 0.222. The molecule has 94 valence electrons. The summed E-state index contributed by atoms with van der Waals surface area (Å²) in [6.45, 7) is 2.71. The number of hydrogen-bond donors (Lipinski definition) is 1. The van der Waals surface area contributed by atoms with Crippen LogP contribution in [0.2, 0.25) is 0 Å². The summed E-state index contributed by atoms with van der Waals surface area (Å²) in [6, 6.07) is 8.70. The molecule has 2 aromatic rings. The number of hydrogen-bond acceptors (Lipinski definition) is 2. The standard InChI is InChI=1S/C14H16FN3/c1-2-18-12(10-5-3-4-6-11(10)15)9-13(17-18)14(16)7-8-14/h3-6,9H,2,7-8,16H2,1H3. The van der Waals surface area contributed by atoms with Crippen LogP contribution >= 0.6 is 0 Å². The van der Waals surface area contributed by atoms with Gasteiger partial charge in [0.1, 0.15) is 5.82 Å². The predicted octanol–water partition coefficient (Wildman–Crippen LogP) is 2.66. The van der Waals surface area contributed by atoms with Crippen molar-refractivity contribution in [3.63, 3.8) is 0 Å². The van der Waals surface area contributed by atoms with E-state index in [1.165, 1.54) is 6.07 Å². The molecule has 0 amide bonds. The van der Waals surface area contributed by atoms with Crippen LogP contribution in [0.15, 0.2) is 30.3 Å². The van der Waals surface area contributed by atoms with Gasteiger partial charge in [-0.15, -0.1) is 0 Å². The number of aromatic nitrogens is 2. The Hall–Kier alpha value is -1.68. The summed E-state index contributed by atoms with van der Waals surface area (Å²) < 4.78 is 15.7. The second-order valence-corrected chi connectivity index (χ2v) is 4.87. The fourth-order valence-electron chi connectivity index (χ4n) is 2.18. The zero-order valence-corrected chi connectivity index (χ0v) is 10.4. The summed E-state index contributed by atoms with van der Waals surface area (Å²) in [4.78, 5) is 0. The van der Waals surface area contributed by atoms with Crippen LogP contribution < -0.4 is 5.73 Å². The van der Waals surface area contributed by atoms with E-state index >= 15 is 0 Å². The van der Waals surface area contributed by atoms with Crippen molar-refractivity contribution in [2.75, 3.05) is 0 Å². The third-order valence-electron chi connectivity index (χ3n) is 3.53. The number of rotatable bonds is 3. The minimum atomic E-state index is -0.277. The molecule has 1 saturated carbocycles. The van der Waals surface area contributed by atoms with Crippen LogP contribution in [0, 0.1) is 5.82 Å². The average molecular weight is 245 g/mol. The molecule has 1 heterocycles. The Balaban J connectivity index is 2.11. The maximum Gasteiger partial charge on any atom is 0.132 e. The number of nitrogens with two attached hydrogens (primary N) is 1. The van der Waals surface area contributed by atoms with Crippen molar-refractivity contribution in [2.24, 2.45) is 5.73 Å². The molecule has 0 bridgehead atoms. The summed E-state index contributed by atoms with van der Waals surface area (Å²) in [7, 11) is 0. The van der Waals surface area contributed by atoms with E-state index < -0.39 is 0 Å². The molecule has 2 N–H and O–H groups in total. The SMILES string of the molecule is CCn1nc(C2(N)CC2)cc1-c1ccccc1F. The Morgan fingerprint density at radius 2 is 2.11 bits per heavy atom. The van der Waals surface area contributed by atoms with E-state index in [1.807, 2.05) is 23.7 Å². The van der Waals surface area contributed by atoms with Crippen LogP contribution in [0.4, 0.5) is 4.39 Å². The average Bonchev–Trinajstić information content (AvgIpc) is 2.97. The van der Waals surface area contributed by atoms with Crippen molar-refractivity contribution in [1.82, 2.24) is 9.78 Å². The molecule has 18 heavy (non-hydrogen) atoms. The lowest BCUT2D eigenvalue weighted by Crippen LogP contribution is -2.19. The van der Waals surface area contributed by atoms with Gasteiger partial charge in [0, 0.05) is 12.1 Å². The number of nitrogens with zero attached hydrogens (tertiary/aromatic N) is 2. The van der Waals surface area contributed by atoms with Gasteiger partial charge < -0.3 is 5.73 Å². The van der Waals surface area contributed by atoms with Crippen molar-refractivity contribution in [3.8, 4) is 11.3 Å². The zero-order valence-electron chi connectivity index (χ0n) is 10.4. The highest BCUT2D eigenvalue weighted by Gasteiger charge is 2.42. The maximum atomic E-state index is 13.8. The molecule has 1 aromatic heterocycles. The fourth-order valence-corrected chi connectivity index (χ4v) is 2.18. The number of benzene rings is 1. The van der Waals surface area contributed by atoms with Crippen molar-refractivity contribution in [1.29, 1.82) is 0 Å². The van der Waals surface area contributed by atoms with Gasteiger partial charge in [0.2, 0.25) is 0 Å². The van der Waals surface area contributed by atoms with Gasteiger partial charge in [-0.05, 0) is 38.0 Å². The Labute approximate surface area is 105 Å². The summed E-state index contributed by atoms with van der Waals surface area (Å²) >= 11 is 0. The van der Waals surface area contributed by atoms with Crippen molar-refractivity contribution in [2.45, 2.75) is 31.8 Å². The first-order valence-electron chi connectivity index (χ1n) is 6.26. The van der Waals surface area contributed by atoms with Gasteiger partial charge in [-0.3, -0.25) is 4.68 Å². The lowest BCUT2D eigenvalue weighted by molar-refractivity contribution is 0.607. The van der Waals surface area contributed by atoms with Gasteiger partial charge in [-0.25, -0.2) is 4.39 Å². The molecule has 0 spiro atoms. The molecule has 0 aliphatic heterocycles. The van der Waals surface area contributed by atoms with Crippen LogP contribution in [-0.2, 0) is 12.1 Å². The van der Waals surface area contributed by atoms with E-state index in [0.29, 0.717) is 12.1 Å². The molecule has 0 atom stereocenters. The van der Waals surface area contributed by atoms with Gasteiger partial charge >= 0.3 is 0 Å². The van der Waals surface area contributed by atoms with Crippen LogP contribution in [0.5, 0.6) is 0 Å². The lowest BCUT2D eigenvalue weighted by atomic mass is 10.1. The Morgan fingerprint density at radius 1 is 1.39 bits per heavy atom. The Morgan fingerprint density at radius 3 is 2.72 bits per heavy atom. The van der Waals surface area contributed by atoms with Crippen molar-refractivity contribution < 1.29 is 4.39 Å². The minimum Gasteiger partial charge on any atom is -0.320 e. The highest BCUT2D eigenvalue weighted by atomic mass is 19.1. The van der Waals surface area contributed by atoms with Gasteiger partial charge in [0.05, 0.1) is 16.9 Å². The zero-order chi connectivity index (χ0) is 12.8. The summed E-state index contributed by atoms with van der Waals surface area (Å²) in [5.74, 6) is -0.222. The second kappa shape index (κ2) is 3.92. The molecule has 1 fully saturated rings. The highest BCUT2D eigenvalue weighted by molar-refractivity contribution is 5.61. The van der Waals surface area contributed by atoms with E-state index in [2.05, 4.69) is 5.10 Å². The molecular formula is C14H16FN3. The predicted molar refractivity (Wildman–Crippen MR) is 68.4 cm³/mol. The Bertz CT molecular complexity index is 584. The monoisotopic (exact) mass is 245 g/mol. The van der Waals surface area contributed by atoms with Crippen LogP contribution in [0.3, 0.4) is 0 Å². The van der Waals surface area contributed by atoms with E-state index in [-0.39, 0.29) is 11.4 Å². The van der Waals surface area contributed by atoms with E-state index in [4.69, 9.17) is 5.73 Å². The van der Waals surface area contributed by atoms with Gasteiger partial charge in [0.25, 0.3) is 0 Å². The number of halogens is 1. The molecule has 1 aliphatic carbocycles. The molecule has 3 rings (SSSR count). The normalized spacial score (nSPS) is 16.8. The molecule has 1 aromatic carbocycles. The van der Waals surface area contributed by atoms with Crippen LogP contribution in [0.25, 0.3) is 11.3 Å². The lowest BCUT2D eigenvalue weighted by Gasteiger charge is -2.05. The molecule has 0 unspecified atom stereocenters. The van der Waals surface area contributed by atoms with Gasteiger partial charge in [0.15, 0.2) is 0 Å². The molecule has 0 saturated heterocycles. The van der Waals surface area contributed by atoms with E-state index in [1.54, 1.807) is 12.1 Å². The van der Waals surface area contributed by atoms with E-state index in [9.17, 15) is 4.39 Å². The maximum absolute atomic E-state index is 13.8. The van der Waals surface area contributed by atoms with E-state index in [0.717, 1.165) is 24.2 Å². The highest BCUT2D eigenvalue weighted by Crippen LogP contribution is 2.43. The smallest absolute Gasteiger partial charge is 0.132 e. The molecule has 4 heteroatoms. The second-order valence-electron chi connectivity index (χ2n) is 4.87. The Kier molecular flexibility index (Phi) is 2.48. The van der Waals surface area contributed by atoms with Gasteiger partial charge in [-0.2, -0.15) is 5.10 Å². The topological polar surface area (TPSA) is 43.8 Å². The fraction of sp³-hybridized carbons (Fsp3) is 0.357. The summed E-state index contributed by atoms with van der Waals surface area (Å²) in [6.07, 6.45) is 1.93. The largest absolute Gasteiger partial charge is 0.320 e. The first-order valence-corrected chi connectivity index (χ1v) is 6.26. The molecule has 0 radical (unpaired) electrons.